The number of anilines is 1. The highest BCUT2D eigenvalue weighted by molar-refractivity contribution is 7.10. The zero-order chi connectivity index (χ0) is 15.4. The van der Waals surface area contributed by atoms with Crippen molar-refractivity contribution in [1.82, 2.24) is 5.32 Å². The Hall–Kier alpha value is -2.34. The van der Waals surface area contributed by atoms with Gasteiger partial charge in [0.1, 0.15) is 5.75 Å². The SMILES string of the molecule is O=C(Cc1cccs1)NCCc1ccc2c(c1)NC(=O)CO2. The number of nitrogens with one attached hydrogen (secondary N) is 2. The summed E-state index contributed by atoms with van der Waals surface area (Å²) >= 11 is 1.58. The van der Waals surface area contributed by atoms with Gasteiger partial charge >= 0.3 is 0 Å². The van der Waals surface area contributed by atoms with Crippen LogP contribution in [0.3, 0.4) is 0 Å². The molecule has 6 heteroatoms. The first-order valence-electron chi connectivity index (χ1n) is 7.05. The van der Waals surface area contributed by atoms with Crippen LogP contribution in [0.5, 0.6) is 5.75 Å². The number of hydrogen-bond acceptors (Lipinski definition) is 4. The van der Waals surface area contributed by atoms with E-state index in [4.69, 9.17) is 4.74 Å². The van der Waals surface area contributed by atoms with Crippen LogP contribution in [0, 0.1) is 0 Å². The van der Waals surface area contributed by atoms with Crippen molar-refractivity contribution >= 4 is 28.8 Å². The molecule has 22 heavy (non-hydrogen) atoms. The fourth-order valence-electron chi connectivity index (χ4n) is 2.27. The summed E-state index contributed by atoms with van der Waals surface area (Å²) < 4.78 is 5.31. The summed E-state index contributed by atoms with van der Waals surface area (Å²) in [5.74, 6) is 0.566. The second kappa shape index (κ2) is 6.62. The van der Waals surface area contributed by atoms with Gasteiger partial charge in [-0.1, -0.05) is 12.1 Å². The fourth-order valence-corrected chi connectivity index (χ4v) is 2.97. The van der Waals surface area contributed by atoms with Gasteiger partial charge in [-0.15, -0.1) is 11.3 Å². The number of hydrogen-bond donors (Lipinski definition) is 2. The fraction of sp³-hybridized carbons (Fsp3) is 0.250. The van der Waals surface area contributed by atoms with E-state index in [0.29, 0.717) is 30.8 Å². The summed E-state index contributed by atoms with van der Waals surface area (Å²) in [6.07, 6.45) is 1.13. The Labute approximate surface area is 132 Å². The average molecular weight is 316 g/mol. The van der Waals surface area contributed by atoms with E-state index >= 15 is 0 Å². The first-order chi connectivity index (χ1) is 10.7. The van der Waals surface area contributed by atoms with Gasteiger partial charge in [0.2, 0.25) is 5.91 Å². The highest BCUT2D eigenvalue weighted by atomic mass is 32.1. The molecule has 0 saturated carbocycles. The van der Waals surface area contributed by atoms with Crippen molar-refractivity contribution in [1.29, 1.82) is 0 Å². The summed E-state index contributed by atoms with van der Waals surface area (Å²) in [6.45, 7) is 0.628. The van der Waals surface area contributed by atoms with Crippen molar-refractivity contribution in [3.05, 3.63) is 46.2 Å². The van der Waals surface area contributed by atoms with E-state index in [1.807, 2.05) is 35.7 Å². The number of thiophene rings is 1. The second-order valence-electron chi connectivity index (χ2n) is 5.02. The van der Waals surface area contributed by atoms with E-state index in [0.717, 1.165) is 10.4 Å². The maximum atomic E-state index is 11.8. The molecule has 0 unspecified atom stereocenters. The molecule has 0 bridgehead atoms. The van der Waals surface area contributed by atoms with Crippen molar-refractivity contribution in [3.63, 3.8) is 0 Å². The monoisotopic (exact) mass is 316 g/mol. The minimum Gasteiger partial charge on any atom is -0.482 e. The minimum absolute atomic E-state index is 0.0250. The molecule has 5 nitrogen and oxygen atoms in total. The van der Waals surface area contributed by atoms with Crippen LogP contribution in [-0.4, -0.2) is 25.0 Å². The molecule has 0 radical (unpaired) electrons. The van der Waals surface area contributed by atoms with Gasteiger partial charge in [-0.05, 0) is 35.6 Å². The van der Waals surface area contributed by atoms with E-state index in [9.17, 15) is 9.59 Å². The van der Waals surface area contributed by atoms with Crippen molar-refractivity contribution in [2.45, 2.75) is 12.8 Å². The van der Waals surface area contributed by atoms with Gasteiger partial charge in [-0.3, -0.25) is 9.59 Å². The Balaban J connectivity index is 1.50. The smallest absolute Gasteiger partial charge is 0.262 e. The quantitative estimate of drug-likeness (QED) is 0.886. The first-order valence-corrected chi connectivity index (χ1v) is 7.93. The Bertz CT molecular complexity index is 683. The number of benzene rings is 1. The Kier molecular flexibility index (Phi) is 4.39. The van der Waals surface area contributed by atoms with E-state index in [-0.39, 0.29) is 18.4 Å². The van der Waals surface area contributed by atoms with Crippen molar-refractivity contribution in [3.8, 4) is 5.75 Å². The Morgan fingerprint density at radius 2 is 2.27 bits per heavy atom. The summed E-state index contributed by atoms with van der Waals surface area (Å²) in [7, 11) is 0. The molecule has 1 aromatic heterocycles. The van der Waals surface area contributed by atoms with Gasteiger partial charge in [0.25, 0.3) is 5.91 Å². The number of carbonyl (C=O) groups excluding carboxylic acids is 2. The summed E-state index contributed by atoms with van der Waals surface area (Å²) in [5.41, 5.74) is 1.74. The molecule has 114 valence electrons. The molecule has 1 aliphatic heterocycles. The molecule has 1 aromatic carbocycles. The first kappa shape index (κ1) is 14.6. The third-order valence-electron chi connectivity index (χ3n) is 3.33. The Morgan fingerprint density at radius 3 is 3.09 bits per heavy atom. The van der Waals surface area contributed by atoms with Crippen LogP contribution in [-0.2, 0) is 22.4 Å². The predicted molar refractivity (Wildman–Crippen MR) is 85.3 cm³/mol. The Morgan fingerprint density at radius 1 is 1.36 bits per heavy atom. The lowest BCUT2D eigenvalue weighted by Gasteiger charge is -2.18. The van der Waals surface area contributed by atoms with Crippen LogP contribution in [0.25, 0.3) is 0 Å². The molecule has 2 amide bonds. The highest BCUT2D eigenvalue weighted by Crippen LogP contribution is 2.28. The molecule has 2 N–H and O–H groups in total. The average Bonchev–Trinajstić information content (AvgIpc) is 2.99. The topological polar surface area (TPSA) is 67.4 Å². The van der Waals surface area contributed by atoms with Gasteiger partial charge < -0.3 is 15.4 Å². The summed E-state index contributed by atoms with van der Waals surface area (Å²) in [4.78, 5) is 24.2. The highest BCUT2D eigenvalue weighted by Gasteiger charge is 2.15. The van der Waals surface area contributed by atoms with Gasteiger partial charge in [0.15, 0.2) is 6.61 Å². The van der Waals surface area contributed by atoms with Gasteiger partial charge in [-0.2, -0.15) is 0 Å². The maximum Gasteiger partial charge on any atom is 0.262 e. The summed E-state index contributed by atoms with van der Waals surface area (Å²) in [5, 5.41) is 7.65. The van der Waals surface area contributed by atoms with Crippen LogP contribution in [0.15, 0.2) is 35.7 Å². The van der Waals surface area contributed by atoms with Crippen molar-refractivity contribution < 1.29 is 14.3 Å². The number of rotatable bonds is 5. The van der Waals surface area contributed by atoms with Crippen LogP contribution in [0.2, 0.25) is 0 Å². The summed E-state index contributed by atoms with van der Waals surface area (Å²) in [6, 6.07) is 9.57. The van der Waals surface area contributed by atoms with E-state index in [2.05, 4.69) is 10.6 Å². The maximum absolute atomic E-state index is 11.8. The molecular formula is C16H16N2O3S. The van der Waals surface area contributed by atoms with E-state index < -0.39 is 0 Å². The molecule has 0 fully saturated rings. The standard InChI is InChI=1S/C16H16N2O3S/c19-15(9-12-2-1-7-22-12)17-6-5-11-3-4-14-13(8-11)18-16(20)10-21-14/h1-4,7-8H,5-6,9-10H2,(H,17,19)(H,18,20). The molecule has 0 atom stereocenters. The normalized spacial score (nSPS) is 13.0. The van der Waals surface area contributed by atoms with Gasteiger partial charge in [0.05, 0.1) is 12.1 Å². The van der Waals surface area contributed by atoms with Crippen LogP contribution in [0.1, 0.15) is 10.4 Å². The molecule has 2 aromatic rings. The lowest BCUT2D eigenvalue weighted by molar-refractivity contribution is -0.120. The second-order valence-corrected chi connectivity index (χ2v) is 6.06. The van der Waals surface area contributed by atoms with Crippen LogP contribution >= 0.6 is 11.3 Å². The van der Waals surface area contributed by atoms with Gasteiger partial charge in [-0.25, -0.2) is 0 Å². The lowest BCUT2D eigenvalue weighted by atomic mass is 10.1. The third-order valence-corrected chi connectivity index (χ3v) is 4.20. The number of ether oxygens (including phenoxy) is 1. The molecule has 3 rings (SSSR count). The number of fused-ring (bicyclic) bond motifs is 1. The lowest BCUT2D eigenvalue weighted by Crippen LogP contribution is -2.27. The zero-order valence-corrected chi connectivity index (χ0v) is 12.7. The molecule has 1 aliphatic rings. The molecule has 2 heterocycles. The van der Waals surface area contributed by atoms with Crippen molar-refractivity contribution in [2.24, 2.45) is 0 Å². The van der Waals surface area contributed by atoms with Crippen LogP contribution in [0.4, 0.5) is 5.69 Å². The van der Waals surface area contributed by atoms with E-state index in [1.54, 1.807) is 11.3 Å². The number of carbonyl (C=O) groups is 2. The molecule has 0 spiro atoms. The third kappa shape index (κ3) is 3.65. The molecule has 0 aliphatic carbocycles. The van der Waals surface area contributed by atoms with Crippen molar-refractivity contribution in [2.75, 3.05) is 18.5 Å². The van der Waals surface area contributed by atoms with E-state index in [1.165, 1.54) is 0 Å². The zero-order valence-electron chi connectivity index (χ0n) is 11.9. The van der Waals surface area contributed by atoms with Gasteiger partial charge in [0, 0.05) is 11.4 Å². The number of amides is 2. The van der Waals surface area contributed by atoms with Crippen LogP contribution < -0.4 is 15.4 Å². The molecule has 0 saturated heterocycles. The molecular weight excluding hydrogens is 300 g/mol. The predicted octanol–water partition coefficient (Wildman–Crippen LogP) is 1.98. The minimum atomic E-state index is -0.145. The largest absolute Gasteiger partial charge is 0.482 e.